The number of fused-ring (bicyclic) bond motifs is 1. The number of oxazole rings is 1. The molecule has 1 saturated heterocycles. The van der Waals surface area contributed by atoms with Crippen molar-refractivity contribution < 1.29 is 18.0 Å². The van der Waals surface area contributed by atoms with Gasteiger partial charge in [0.15, 0.2) is 5.58 Å². The number of hydrogen-bond acceptors (Lipinski definition) is 4. The maximum absolute atomic E-state index is 14.9. The van der Waals surface area contributed by atoms with Gasteiger partial charge >= 0.3 is 5.76 Å². The van der Waals surface area contributed by atoms with Gasteiger partial charge in [-0.2, -0.15) is 0 Å². The van der Waals surface area contributed by atoms with Gasteiger partial charge in [-0.3, -0.25) is 9.78 Å². The van der Waals surface area contributed by atoms with Crippen molar-refractivity contribution >= 4 is 17.0 Å². The molecule has 1 fully saturated rings. The van der Waals surface area contributed by atoms with Gasteiger partial charge in [0.2, 0.25) is 0 Å². The van der Waals surface area contributed by atoms with Crippen molar-refractivity contribution in [1.29, 1.82) is 0 Å². The number of carbonyl (C=O) groups is 1. The molecule has 5 rings (SSSR count). The second-order valence-electron chi connectivity index (χ2n) is 8.81. The summed E-state index contributed by atoms with van der Waals surface area (Å²) in [5.41, 5.74) is 3.22. The SMILES string of the molecule is O=C(c1ccc(F)cc1)N(CCN1CCCC1)Cc1cc(-c2ccc3[nH]c(=O)oc3c2)ccc1F. The van der Waals surface area contributed by atoms with Crippen LogP contribution in [0.4, 0.5) is 8.78 Å². The van der Waals surface area contributed by atoms with Crippen molar-refractivity contribution in [3.63, 3.8) is 0 Å². The molecule has 1 aliphatic rings. The van der Waals surface area contributed by atoms with Crippen LogP contribution in [0.25, 0.3) is 22.2 Å². The lowest BCUT2D eigenvalue weighted by atomic mass is 10.0. The molecule has 1 aromatic heterocycles. The van der Waals surface area contributed by atoms with Crippen LogP contribution >= 0.6 is 0 Å². The van der Waals surface area contributed by atoms with Crippen molar-refractivity contribution in [2.75, 3.05) is 26.2 Å². The number of halogens is 2. The molecule has 0 bridgehead atoms. The summed E-state index contributed by atoms with van der Waals surface area (Å²) in [7, 11) is 0. The lowest BCUT2D eigenvalue weighted by Gasteiger charge is -2.26. The van der Waals surface area contributed by atoms with Gasteiger partial charge in [0.05, 0.1) is 5.52 Å². The van der Waals surface area contributed by atoms with E-state index in [-0.39, 0.29) is 12.5 Å². The average Bonchev–Trinajstić information content (AvgIpc) is 3.51. The molecule has 4 aromatic rings. The first kappa shape index (κ1) is 23.0. The van der Waals surface area contributed by atoms with Crippen LogP contribution in [0.5, 0.6) is 0 Å². The van der Waals surface area contributed by atoms with E-state index in [4.69, 9.17) is 4.42 Å². The lowest BCUT2D eigenvalue weighted by molar-refractivity contribution is 0.0725. The van der Waals surface area contributed by atoms with E-state index in [1.807, 2.05) is 6.07 Å². The topological polar surface area (TPSA) is 69.6 Å². The van der Waals surface area contributed by atoms with E-state index < -0.39 is 17.4 Å². The summed E-state index contributed by atoms with van der Waals surface area (Å²) in [5, 5.41) is 0. The van der Waals surface area contributed by atoms with Crippen LogP contribution in [0.15, 0.2) is 69.9 Å². The van der Waals surface area contributed by atoms with E-state index in [0.717, 1.165) is 37.1 Å². The first-order valence-corrected chi connectivity index (χ1v) is 11.7. The summed E-state index contributed by atoms with van der Waals surface area (Å²) in [6.45, 7) is 3.17. The second-order valence-corrected chi connectivity index (χ2v) is 8.81. The first-order valence-electron chi connectivity index (χ1n) is 11.7. The van der Waals surface area contributed by atoms with E-state index in [0.29, 0.717) is 35.3 Å². The highest BCUT2D eigenvalue weighted by Gasteiger charge is 2.21. The third-order valence-corrected chi connectivity index (χ3v) is 6.42. The summed E-state index contributed by atoms with van der Waals surface area (Å²) in [5.74, 6) is -1.64. The number of aromatic nitrogens is 1. The van der Waals surface area contributed by atoms with Crippen LogP contribution in [-0.2, 0) is 6.54 Å². The Morgan fingerprint density at radius 2 is 1.69 bits per heavy atom. The molecule has 0 radical (unpaired) electrons. The Balaban J connectivity index is 1.43. The predicted molar refractivity (Wildman–Crippen MR) is 129 cm³/mol. The van der Waals surface area contributed by atoms with Crippen LogP contribution < -0.4 is 5.76 Å². The predicted octanol–water partition coefficient (Wildman–Crippen LogP) is 4.80. The Kier molecular flexibility index (Phi) is 6.46. The average molecular weight is 478 g/mol. The summed E-state index contributed by atoms with van der Waals surface area (Å²) < 4.78 is 33.4. The second kappa shape index (κ2) is 9.84. The van der Waals surface area contributed by atoms with Crippen LogP contribution in [-0.4, -0.2) is 46.9 Å². The summed E-state index contributed by atoms with van der Waals surface area (Å²) >= 11 is 0. The van der Waals surface area contributed by atoms with Crippen LogP contribution in [0.2, 0.25) is 0 Å². The van der Waals surface area contributed by atoms with Gasteiger partial charge in [0.25, 0.3) is 5.91 Å². The smallest absolute Gasteiger partial charge is 0.408 e. The molecular formula is C27H25F2N3O3. The van der Waals surface area contributed by atoms with Crippen molar-refractivity contribution in [1.82, 2.24) is 14.8 Å². The van der Waals surface area contributed by atoms with Crippen molar-refractivity contribution in [3.05, 3.63) is 94.0 Å². The van der Waals surface area contributed by atoms with E-state index in [1.165, 1.54) is 30.3 Å². The fourth-order valence-corrected chi connectivity index (χ4v) is 4.50. The minimum Gasteiger partial charge on any atom is -0.408 e. The van der Waals surface area contributed by atoms with E-state index in [9.17, 15) is 18.4 Å². The first-order chi connectivity index (χ1) is 17.0. The Morgan fingerprint density at radius 3 is 2.46 bits per heavy atom. The zero-order valence-electron chi connectivity index (χ0n) is 19.1. The van der Waals surface area contributed by atoms with Gasteiger partial charge in [0, 0.05) is 30.8 Å². The molecule has 1 N–H and O–H groups in total. The van der Waals surface area contributed by atoms with Gasteiger partial charge in [-0.15, -0.1) is 0 Å². The van der Waals surface area contributed by atoms with Gasteiger partial charge in [-0.05, 0) is 85.6 Å². The number of carbonyl (C=O) groups excluding carboxylic acids is 1. The highest BCUT2D eigenvalue weighted by Crippen LogP contribution is 2.26. The van der Waals surface area contributed by atoms with Crippen molar-refractivity contribution in [2.24, 2.45) is 0 Å². The van der Waals surface area contributed by atoms with Crippen molar-refractivity contribution in [2.45, 2.75) is 19.4 Å². The van der Waals surface area contributed by atoms with E-state index in [1.54, 1.807) is 29.2 Å². The highest BCUT2D eigenvalue weighted by molar-refractivity contribution is 5.94. The van der Waals surface area contributed by atoms with Gasteiger partial charge in [-0.25, -0.2) is 13.6 Å². The van der Waals surface area contributed by atoms with E-state index in [2.05, 4.69) is 9.88 Å². The Hall–Kier alpha value is -3.78. The van der Waals surface area contributed by atoms with Crippen LogP contribution in [0.3, 0.4) is 0 Å². The minimum absolute atomic E-state index is 0.0746. The fraction of sp³-hybridized carbons (Fsp3) is 0.259. The summed E-state index contributed by atoms with van der Waals surface area (Å²) in [6.07, 6.45) is 2.27. The summed E-state index contributed by atoms with van der Waals surface area (Å²) in [4.78, 5) is 31.3. The maximum atomic E-state index is 14.9. The number of amides is 1. The van der Waals surface area contributed by atoms with Gasteiger partial charge in [0.1, 0.15) is 11.6 Å². The molecule has 0 saturated carbocycles. The molecule has 2 heterocycles. The number of H-pyrrole nitrogens is 1. The van der Waals surface area contributed by atoms with E-state index >= 15 is 0 Å². The number of benzene rings is 3. The van der Waals surface area contributed by atoms with Crippen molar-refractivity contribution in [3.8, 4) is 11.1 Å². The molecule has 1 amide bonds. The highest BCUT2D eigenvalue weighted by atomic mass is 19.1. The van der Waals surface area contributed by atoms with Gasteiger partial charge in [-0.1, -0.05) is 12.1 Å². The Bertz CT molecular complexity index is 1410. The maximum Gasteiger partial charge on any atom is 0.417 e. The number of hydrogen-bond donors (Lipinski definition) is 1. The third-order valence-electron chi connectivity index (χ3n) is 6.42. The monoisotopic (exact) mass is 477 g/mol. The number of rotatable bonds is 7. The zero-order valence-corrected chi connectivity index (χ0v) is 19.1. The molecule has 0 aliphatic carbocycles. The number of nitrogens with one attached hydrogen (secondary N) is 1. The third kappa shape index (κ3) is 5.17. The normalized spacial score (nSPS) is 14.0. The lowest BCUT2D eigenvalue weighted by Crippen LogP contribution is -2.37. The largest absolute Gasteiger partial charge is 0.417 e. The molecule has 0 atom stereocenters. The summed E-state index contributed by atoms with van der Waals surface area (Å²) in [6, 6.07) is 15.4. The minimum atomic E-state index is -0.537. The molecule has 3 aromatic carbocycles. The zero-order chi connectivity index (χ0) is 24.4. The molecular weight excluding hydrogens is 452 g/mol. The van der Waals surface area contributed by atoms with Crippen LogP contribution in [0, 0.1) is 11.6 Å². The van der Waals surface area contributed by atoms with Crippen LogP contribution in [0.1, 0.15) is 28.8 Å². The van der Waals surface area contributed by atoms with Gasteiger partial charge < -0.3 is 14.2 Å². The molecule has 0 spiro atoms. The molecule has 6 nitrogen and oxygen atoms in total. The quantitative estimate of drug-likeness (QED) is 0.415. The molecule has 1 aliphatic heterocycles. The Labute approximate surface area is 200 Å². The molecule has 35 heavy (non-hydrogen) atoms. The molecule has 180 valence electrons. The Morgan fingerprint density at radius 1 is 0.971 bits per heavy atom. The molecule has 8 heteroatoms. The number of likely N-dealkylation sites (tertiary alicyclic amines) is 1. The fourth-order valence-electron chi connectivity index (χ4n) is 4.50. The number of aromatic amines is 1. The standard InChI is InChI=1S/C27H25F2N3O3/c28-22-7-3-18(4-8-22)26(33)32(14-13-31-11-1-2-12-31)17-21-15-19(5-9-23(21)29)20-6-10-24-25(16-20)35-27(34)30-24/h3-10,15-16H,1-2,11-14,17H2,(H,30,34). The number of nitrogens with zero attached hydrogens (tertiary/aromatic N) is 2. The molecule has 0 unspecified atom stereocenters.